The average Bonchev–Trinajstić information content (AvgIpc) is 2.30. The van der Waals surface area contributed by atoms with Crippen molar-refractivity contribution in [3.8, 4) is 0 Å². The van der Waals surface area contributed by atoms with Gasteiger partial charge in [0, 0.05) is 19.0 Å². The summed E-state index contributed by atoms with van der Waals surface area (Å²) in [4.78, 5) is 13.6. The van der Waals surface area contributed by atoms with Crippen molar-refractivity contribution in [1.29, 1.82) is 0 Å². The van der Waals surface area contributed by atoms with E-state index in [1.807, 2.05) is 6.07 Å². The molecule has 2 unspecified atom stereocenters. The van der Waals surface area contributed by atoms with Crippen LogP contribution in [0.2, 0.25) is 0 Å². The van der Waals surface area contributed by atoms with Crippen molar-refractivity contribution < 1.29 is 4.79 Å². The molecule has 3 nitrogen and oxygen atoms in total. The standard InChI is InChI=1S/C14H20N2O/c1-11-9-16(8-7-13(11)14(15)17)10-12-5-3-2-4-6-12/h2-6,11,13H,7-10H2,1H3,(H2,15,17). The van der Waals surface area contributed by atoms with E-state index in [1.165, 1.54) is 5.56 Å². The first-order valence-electron chi connectivity index (χ1n) is 6.22. The molecule has 1 heterocycles. The fraction of sp³-hybridized carbons (Fsp3) is 0.500. The van der Waals surface area contributed by atoms with Gasteiger partial charge in [0.25, 0.3) is 0 Å². The molecule has 1 aliphatic heterocycles. The molecule has 0 aromatic heterocycles. The second kappa shape index (κ2) is 5.32. The van der Waals surface area contributed by atoms with Crippen molar-refractivity contribution in [2.24, 2.45) is 17.6 Å². The number of benzene rings is 1. The van der Waals surface area contributed by atoms with Crippen molar-refractivity contribution in [2.45, 2.75) is 19.9 Å². The highest BCUT2D eigenvalue weighted by Gasteiger charge is 2.29. The molecule has 1 saturated heterocycles. The molecule has 2 N–H and O–H groups in total. The van der Waals surface area contributed by atoms with Crippen LogP contribution in [0.1, 0.15) is 18.9 Å². The zero-order chi connectivity index (χ0) is 12.3. The summed E-state index contributed by atoms with van der Waals surface area (Å²) in [6.07, 6.45) is 0.892. The van der Waals surface area contributed by atoms with Crippen LogP contribution in [-0.2, 0) is 11.3 Å². The zero-order valence-corrected chi connectivity index (χ0v) is 10.3. The molecule has 2 rings (SSSR count). The molecule has 0 bridgehead atoms. The Morgan fingerprint density at radius 2 is 2.12 bits per heavy atom. The van der Waals surface area contributed by atoms with Crippen molar-refractivity contribution in [3.63, 3.8) is 0 Å². The van der Waals surface area contributed by atoms with E-state index in [0.29, 0.717) is 5.92 Å². The van der Waals surface area contributed by atoms with E-state index in [0.717, 1.165) is 26.1 Å². The molecule has 92 valence electrons. The Balaban J connectivity index is 1.92. The van der Waals surface area contributed by atoms with Crippen LogP contribution in [0.5, 0.6) is 0 Å². The van der Waals surface area contributed by atoms with E-state index in [9.17, 15) is 4.79 Å². The van der Waals surface area contributed by atoms with Crippen molar-refractivity contribution >= 4 is 5.91 Å². The van der Waals surface area contributed by atoms with Gasteiger partial charge in [0.05, 0.1) is 0 Å². The van der Waals surface area contributed by atoms with Gasteiger partial charge in [-0.3, -0.25) is 9.69 Å². The summed E-state index contributed by atoms with van der Waals surface area (Å²) in [6, 6.07) is 10.4. The number of amides is 1. The SMILES string of the molecule is CC1CN(Cc2ccccc2)CCC1C(N)=O. The van der Waals surface area contributed by atoms with Crippen LogP contribution in [0.25, 0.3) is 0 Å². The number of piperidine rings is 1. The lowest BCUT2D eigenvalue weighted by atomic mass is 9.86. The summed E-state index contributed by atoms with van der Waals surface area (Å²) in [6.45, 7) is 5.01. The Morgan fingerprint density at radius 1 is 1.41 bits per heavy atom. The summed E-state index contributed by atoms with van der Waals surface area (Å²) in [5.74, 6) is 0.281. The third kappa shape index (κ3) is 3.07. The van der Waals surface area contributed by atoms with Crippen LogP contribution in [0.3, 0.4) is 0 Å². The lowest BCUT2D eigenvalue weighted by Crippen LogP contribution is -2.43. The maximum atomic E-state index is 11.2. The first-order valence-corrected chi connectivity index (χ1v) is 6.22. The molecule has 1 aromatic carbocycles. The first-order chi connectivity index (χ1) is 8.16. The fourth-order valence-corrected chi connectivity index (χ4v) is 2.64. The van der Waals surface area contributed by atoms with E-state index in [1.54, 1.807) is 0 Å². The Labute approximate surface area is 103 Å². The minimum Gasteiger partial charge on any atom is -0.369 e. The maximum absolute atomic E-state index is 11.2. The average molecular weight is 232 g/mol. The summed E-state index contributed by atoms with van der Waals surface area (Å²) in [5, 5.41) is 0. The molecule has 1 aromatic rings. The van der Waals surface area contributed by atoms with Crippen LogP contribution >= 0.6 is 0 Å². The normalized spacial score (nSPS) is 25.7. The molecule has 0 aliphatic carbocycles. The van der Waals surface area contributed by atoms with Gasteiger partial charge >= 0.3 is 0 Å². The van der Waals surface area contributed by atoms with E-state index >= 15 is 0 Å². The van der Waals surface area contributed by atoms with E-state index in [4.69, 9.17) is 5.73 Å². The van der Waals surface area contributed by atoms with Gasteiger partial charge in [0.1, 0.15) is 0 Å². The van der Waals surface area contributed by atoms with Gasteiger partial charge in [-0.1, -0.05) is 37.3 Å². The fourth-order valence-electron chi connectivity index (χ4n) is 2.64. The van der Waals surface area contributed by atoms with E-state index in [2.05, 4.69) is 36.1 Å². The summed E-state index contributed by atoms with van der Waals surface area (Å²) in [7, 11) is 0. The Kier molecular flexibility index (Phi) is 3.79. The number of carbonyl (C=O) groups excluding carboxylic acids is 1. The lowest BCUT2D eigenvalue weighted by molar-refractivity contribution is -0.125. The first kappa shape index (κ1) is 12.1. The Morgan fingerprint density at radius 3 is 2.71 bits per heavy atom. The maximum Gasteiger partial charge on any atom is 0.220 e. The van der Waals surface area contributed by atoms with Gasteiger partial charge in [-0.05, 0) is 24.4 Å². The largest absolute Gasteiger partial charge is 0.369 e. The van der Waals surface area contributed by atoms with Gasteiger partial charge in [-0.2, -0.15) is 0 Å². The van der Waals surface area contributed by atoms with Crippen molar-refractivity contribution in [2.75, 3.05) is 13.1 Å². The number of hydrogen-bond donors (Lipinski definition) is 1. The van der Waals surface area contributed by atoms with Gasteiger partial charge in [-0.15, -0.1) is 0 Å². The topological polar surface area (TPSA) is 46.3 Å². The summed E-state index contributed by atoms with van der Waals surface area (Å²) < 4.78 is 0. The molecule has 1 aliphatic rings. The molecule has 1 fully saturated rings. The van der Waals surface area contributed by atoms with Crippen LogP contribution in [-0.4, -0.2) is 23.9 Å². The predicted molar refractivity (Wildman–Crippen MR) is 68.2 cm³/mol. The molecule has 1 amide bonds. The number of likely N-dealkylation sites (tertiary alicyclic amines) is 1. The zero-order valence-electron chi connectivity index (χ0n) is 10.3. The van der Waals surface area contributed by atoms with E-state index < -0.39 is 0 Å². The number of primary amides is 1. The Bertz CT molecular complexity index is 377. The van der Waals surface area contributed by atoms with Gasteiger partial charge in [0.2, 0.25) is 5.91 Å². The number of rotatable bonds is 3. The second-order valence-corrected chi connectivity index (χ2v) is 5.00. The monoisotopic (exact) mass is 232 g/mol. The van der Waals surface area contributed by atoms with Crippen molar-refractivity contribution in [1.82, 2.24) is 4.90 Å². The van der Waals surface area contributed by atoms with Crippen LogP contribution in [0.4, 0.5) is 0 Å². The van der Waals surface area contributed by atoms with Crippen LogP contribution in [0.15, 0.2) is 30.3 Å². The molecule has 0 spiro atoms. The predicted octanol–water partition coefficient (Wildman–Crippen LogP) is 1.63. The third-order valence-corrected chi connectivity index (χ3v) is 3.60. The molecule has 3 heteroatoms. The highest BCUT2D eigenvalue weighted by Crippen LogP contribution is 2.23. The number of nitrogens with two attached hydrogens (primary N) is 1. The number of carbonyl (C=O) groups is 1. The van der Waals surface area contributed by atoms with Gasteiger partial charge in [0.15, 0.2) is 0 Å². The van der Waals surface area contributed by atoms with Crippen molar-refractivity contribution in [3.05, 3.63) is 35.9 Å². The second-order valence-electron chi connectivity index (χ2n) is 5.00. The Hall–Kier alpha value is -1.35. The number of hydrogen-bond acceptors (Lipinski definition) is 2. The highest BCUT2D eigenvalue weighted by molar-refractivity contribution is 5.77. The quantitative estimate of drug-likeness (QED) is 0.861. The summed E-state index contributed by atoms with van der Waals surface area (Å²) >= 11 is 0. The van der Waals surface area contributed by atoms with Gasteiger partial charge in [-0.25, -0.2) is 0 Å². The van der Waals surface area contributed by atoms with Crippen LogP contribution in [0, 0.1) is 11.8 Å². The smallest absolute Gasteiger partial charge is 0.220 e. The molecular weight excluding hydrogens is 212 g/mol. The van der Waals surface area contributed by atoms with E-state index in [-0.39, 0.29) is 11.8 Å². The highest BCUT2D eigenvalue weighted by atomic mass is 16.1. The molecule has 0 saturated carbocycles. The summed E-state index contributed by atoms with van der Waals surface area (Å²) in [5.41, 5.74) is 6.73. The molecule has 17 heavy (non-hydrogen) atoms. The lowest BCUT2D eigenvalue weighted by Gasteiger charge is -2.35. The molecule has 0 radical (unpaired) electrons. The van der Waals surface area contributed by atoms with Crippen LogP contribution < -0.4 is 5.73 Å². The minimum atomic E-state index is -0.142. The minimum absolute atomic E-state index is 0.0574. The third-order valence-electron chi connectivity index (χ3n) is 3.60. The van der Waals surface area contributed by atoms with Gasteiger partial charge < -0.3 is 5.73 Å². The number of nitrogens with zero attached hydrogens (tertiary/aromatic N) is 1. The molecular formula is C14H20N2O. The molecule has 2 atom stereocenters.